The highest BCUT2D eigenvalue weighted by Crippen LogP contribution is 2.32. The minimum atomic E-state index is -2.99. The largest absolute Gasteiger partial charge is 0.481 e. The average molecular weight is 468 g/mol. The van der Waals surface area contributed by atoms with E-state index in [1.165, 1.54) is 18.2 Å². The highest BCUT2D eigenvalue weighted by atomic mass is 32.2. The van der Waals surface area contributed by atoms with Crippen molar-refractivity contribution in [2.75, 3.05) is 37.7 Å². The fourth-order valence-corrected chi connectivity index (χ4v) is 6.58. The lowest BCUT2D eigenvalue weighted by molar-refractivity contribution is -0.144. The molecule has 0 saturated carbocycles. The van der Waals surface area contributed by atoms with Crippen molar-refractivity contribution < 1.29 is 32.6 Å². The molecule has 0 spiro atoms. The Hall–Kier alpha value is -2.50. The van der Waals surface area contributed by atoms with Gasteiger partial charge in [-0.3, -0.25) is 19.4 Å². The summed E-state index contributed by atoms with van der Waals surface area (Å²) in [5, 5.41) is 19.7. The predicted octanol–water partition coefficient (Wildman–Crippen LogP) is 1.19. The van der Waals surface area contributed by atoms with Gasteiger partial charge in [-0.2, -0.15) is 0 Å². The van der Waals surface area contributed by atoms with Crippen molar-refractivity contribution in [1.29, 1.82) is 0 Å². The fourth-order valence-electron chi connectivity index (χ4n) is 4.82. The van der Waals surface area contributed by atoms with Gasteiger partial charge in [0, 0.05) is 55.9 Å². The van der Waals surface area contributed by atoms with Crippen molar-refractivity contribution in [3.05, 3.63) is 35.8 Å². The Labute approximate surface area is 184 Å². The maximum Gasteiger partial charge on any atom is 0.325 e. The molecule has 4 rings (SSSR count). The van der Waals surface area contributed by atoms with Gasteiger partial charge in [-0.25, -0.2) is 12.8 Å². The van der Waals surface area contributed by atoms with Crippen molar-refractivity contribution in [2.24, 2.45) is 0 Å². The molecule has 2 aliphatic heterocycles. The second kappa shape index (κ2) is 8.80. The number of hydrogen-bond acceptors (Lipinski definition) is 6. The highest BCUT2D eigenvalue weighted by Gasteiger charge is 2.37. The Bertz CT molecular complexity index is 1140. The summed E-state index contributed by atoms with van der Waals surface area (Å²) in [5.41, 5.74) is 0.956. The summed E-state index contributed by atoms with van der Waals surface area (Å²) in [7, 11) is -2.99. The second-order valence-corrected chi connectivity index (χ2v) is 10.7. The molecule has 0 aliphatic carbocycles. The van der Waals surface area contributed by atoms with Gasteiger partial charge in [-0.05, 0) is 24.6 Å². The maximum atomic E-state index is 13.9. The van der Waals surface area contributed by atoms with Crippen LogP contribution in [0.5, 0.6) is 0 Å². The first-order chi connectivity index (χ1) is 15.1. The Morgan fingerprint density at radius 2 is 1.88 bits per heavy atom. The highest BCUT2D eigenvalue weighted by molar-refractivity contribution is 7.91. The normalized spacial score (nSPS) is 22.8. The summed E-state index contributed by atoms with van der Waals surface area (Å²) in [4.78, 5) is 27.3. The van der Waals surface area contributed by atoms with Gasteiger partial charge >= 0.3 is 11.9 Å². The van der Waals surface area contributed by atoms with Crippen LogP contribution in [-0.2, 0) is 26.0 Å². The molecule has 0 unspecified atom stereocenters. The zero-order valence-electron chi connectivity index (χ0n) is 17.5. The van der Waals surface area contributed by atoms with Crippen LogP contribution in [0.2, 0.25) is 0 Å². The summed E-state index contributed by atoms with van der Waals surface area (Å²) in [6.07, 6.45) is 2.05. The van der Waals surface area contributed by atoms with Crippen LogP contribution in [0.3, 0.4) is 0 Å². The molecule has 9 nitrogen and oxygen atoms in total. The zero-order valence-corrected chi connectivity index (χ0v) is 18.3. The average Bonchev–Trinajstić information content (AvgIpc) is 3.26. The molecule has 2 N–H and O–H groups in total. The molecule has 174 valence electrons. The third-order valence-electron chi connectivity index (χ3n) is 6.41. The number of aliphatic carboxylic acids is 2. The lowest BCUT2D eigenvalue weighted by Gasteiger charge is -2.40. The van der Waals surface area contributed by atoms with Crippen molar-refractivity contribution in [3.8, 4) is 0 Å². The maximum absolute atomic E-state index is 13.9. The number of carboxylic acid groups (broad SMARTS) is 2. The smallest absolute Gasteiger partial charge is 0.325 e. The first-order valence-electron chi connectivity index (χ1n) is 10.6. The quantitative estimate of drug-likeness (QED) is 0.623. The van der Waals surface area contributed by atoms with Gasteiger partial charge in [0.25, 0.3) is 0 Å². The number of fused-ring (bicyclic) bond motifs is 1. The number of piperazine rings is 1. The van der Waals surface area contributed by atoms with E-state index in [4.69, 9.17) is 5.11 Å². The van der Waals surface area contributed by atoms with E-state index >= 15 is 0 Å². The Morgan fingerprint density at radius 1 is 1.16 bits per heavy atom. The van der Waals surface area contributed by atoms with E-state index in [2.05, 4.69) is 4.90 Å². The topological polar surface area (TPSA) is 120 Å². The number of nitrogens with zero attached hydrogens (tertiary/aromatic N) is 3. The molecular weight excluding hydrogens is 441 g/mol. The number of carboxylic acids is 2. The first-order valence-corrected chi connectivity index (χ1v) is 12.4. The molecule has 0 bridgehead atoms. The van der Waals surface area contributed by atoms with Crippen LogP contribution >= 0.6 is 0 Å². The Morgan fingerprint density at radius 3 is 2.47 bits per heavy atom. The van der Waals surface area contributed by atoms with Crippen molar-refractivity contribution in [2.45, 2.75) is 31.5 Å². The Kier molecular flexibility index (Phi) is 6.24. The molecular formula is C21H26FN3O6S. The van der Waals surface area contributed by atoms with E-state index < -0.39 is 33.6 Å². The van der Waals surface area contributed by atoms with Crippen LogP contribution in [0, 0.1) is 5.82 Å². The molecule has 1 aromatic heterocycles. The second-order valence-electron chi connectivity index (χ2n) is 8.45. The van der Waals surface area contributed by atoms with Gasteiger partial charge in [0.05, 0.1) is 23.4 Å². The molecule has 2 saturated heterocycles. The number of sulfone groups is 1. The van der Waals surface area contributed by atoms with E-state index in [-0.39, 0.29) is 30.5 Å². The third kappa shape index (κ3) is 4.64. The predicted molar refractivity (Wildman–Crippen MR) is 115 cm³/mol. The van der Waals surface area contributed by atoms with E-state index in [0.717, 1.165) is 0 Å². The van der Waals surface area contributed by atoms with Gasteiger partial charge in [0.2, 0.25) is 0 Å². The van der Waals surface area contributed by atoms with E-state index in [1.807, 2.05) is 4.90 Å². The summed E-state index contributed by atoms with van der Waals surface area (Å²) in [5.74, 6) is -2.17. The van der Waals surface area contributed by atoms with E-state index in [0.29, 0.717) is 49.1 Å². The summed E-state index contributed by atoms with van der Waals surface area (Å²) < 4.78 is 39.1. The van der Waals surface area contributed by atoms with Gasteiger partial charge in [0.15, 0.2) is 9.84 Å². The third-order valence-corrected chi connectivity index (χ3v) is 8.16. The molecule has 2 fully saturated rings. The zero-order chi connectivity index (χ0) is 23.0. The van der Waals surface area contributed by atoms with Gasteiger partial charge < -0.3 is 14.8 Å². The minimum Gasteiger partial charge on any atom is -0.481 e. The molecule has 32 heavy (non-hydrogen) atoms. The number of hydrogen-bond donors (Lipinski definition) is 2. The van der Waals surface area contributed by atoms with Crippen LogP contribution < -0.4 is 0 Å². The van der Waals surface area contributed by atoms with Crippen LogP contribution in [-0.4, -0.2) is 88.7 Å². The van der Waals surface area contributed by atoms with Crippen molar-refractivity contribution >= 4 is 32.7 Å². The number of aryl methyl sites for hydroxylation is 1. The summed E-state index contributed by atoms with van der Waals surface area (Å²) in [6.45, 7) is 2.14. The van der Waals surface area contributed by atoms with Crippen LogP contribution in [0.1, 0.15) is 24.4 Å². The van der Waals surface area contributed by atoms with Crippen molar-refractivity contribution in [1.82, 2.24) is 14.4 Å². The molecule has 2 atom stereocenters. The fraction of sp³-hybridized carbons (Fsp3) is 0.524. The lowest BCUT2D eigenvalue weighted by Crippen LogP contribution is -2.52. The number of benzene rings is 1. The van der Waals surface area contributed by atoms with Crippen LogP contribution in [0.25, 0.3) is 10.9 Å². The number of rotatable bonds is 7. The molecule has 0 amide bonds. The monoisotopic (exact) mass is 467 g/mol. The van der Waals surface area contributed by atoms with E-state index in [9.17, 15) is 27.5 Å². The van der Waals surface area contributed by atoms with Crippen LogP contribution in [0.4, 0.5) is 4.39 Å². The standard InChI is InChI=1S/C21H26FN3O6S/c22-14-1-2-16-17(12-25(18(16)11-14)5-3-19(26)27)20(21(28)29)24-8-6-23(7-9-24)15-4-10-32(30,31)13-15/h1-2,11-12,15,20H,3-10,13H2,(H,26,27)(H,28,29)/t15-,20+/m1/s1. The van der Waals surface area contributed by atoms with Crippen LogP contribution in [0.15, 0.2) is 24.4 Å². The molecule has 0 radical (unpaired) electrons. The first kappa shape index (κ1) is 22.7. The molecule has 2 aromatic rings. The lowest BCUT2D eigenvalue weighted by atomic mass is 10.0. The van der Waals surface area contributed by atoms with Gasteiger partial charge in [-0.1, -0.05) is 0 Å². The molecule has 3 heterocycles. The minimum absolute atomic E-state index is 0.0219. The SMILES string of the molecule is O=C(O)CCn1cc([C@@H](C(=O)O)N2CCN([C@@H]3CCS(=O)(=O)C3)CC2)c2ccc(F)cc21. The molecule has 2 aliphatic rings. The van der Waals surface area contributed by atoms with Crippen molar-refractivity contribution in [3.63, 3.8) is 0 Å². The number of carbonyl (C=O) groups is 2. The summed E-state index contributed by atoms with van der Waals surface area (Å²) in [6, 6.07) is 3.10. The summed E-state index contributed by atoms with van der Waals surface area (Å²) >= 11 is 0. The van der Waals surface area contributed by atoms with E-state index in [1.54, 1.807) is 10.8 Å². The number of halogens is 1. The van der Waals surface area contributed by atoms with Gasteiger partial charge in [0.1, 0.15) is 11.9 Å². The Balaban J connectivity index is 1.58. The van der Waals surface area contributed by atoms with Gasteiger partial charge in [-0.15, -0.1) is 0 Å². The molecule has 1 aromatic carbocycles. The number of aromatic nitrogens is 1. The molecule has 11 heteroatoms.